The summed E-state index contributed by atoms with van der Waals surface area (Å²) in [6.07, 6.45) is 3.17. The molecule has 2 heterocycles. The summed E-state index contributed by atoms with van der Waals surface area (Å²) in [6.45, 7) is 26.4. The Labute approximate surface area is 240 Å². The number of hydrogen-bond donors (Lipinski definition) is 0. The molecule has 0 N–H and O–H groups in total. The fourth-order valence-electron chi connectivity index (χ4n) is 4.84. The van der Waals surface area contributed by atoms with Crippen LogP contribution in [-0.2, 0) is 22.4 Å². The largest absolute Gasteiger partial charge is 0.312 e. The lowest BCUT2D eigenvalue weighted by Gasteiger charge is -2.31. The summed E-state index contributed by atoms with van der Waals surface area (Å²) in [5.41, 5.74) is 7.64. The average molecular weight is 537 g/mol. The van der Waals surface area contributed by atoms with Crippen molar-refractivity contribution in [1.82, 2.24) is 0 Å². The van der Waals surface area contributed by atoms with E-state index >= 15 is 0 Å². The van der Waals surface area contributed by atoms with Crippen LogP contribution < -0.4 is 9.80 Å². The zero-order valence-electron chi connectivity index (χ0n) is 27.0. The van der Waals surface area contributed by atoms with E-state index in [9.17, 15) is 9.59 Å². The van der Waals surface area contributed by atoms with Gasteiger partial charge in [0, 0.05) is 36.3 Å². The van der Waals surface area contributed by atoms with Gasteiger partial charge in [-0.3, -0.25) is 9.59 Å². The van der Waals surface area contributed by atoms with Crippen LogP contribution in [0.5, 0.6) is 0 Å². The zero-order chi connectivity index (χ0) is 29.9. The molecule has 0 aliphatic carbocycles. The molecule has 2 aliphatic rings. The van der Waals surface area contributed by atoms with Crippen LogP contribution in [0, 0.1) is 11.8 Å². The zero-order valence-corrected chi connectivity index (χ0v) is 27.0. The summed E-state index contributed by atoms with van der Waals surface area (Å²) in [6, 6.07) is 13.1. The smallest absolute Gasteiger partial charge is 0.229 e. The van der Waals surface area contributed by atoms with Gasteiger partial charge in [-0.1, -0.05) is 107 Å². The van der Waals surface area contributed by atoms with Crippen LogP contribution in [-0.4, -0.2) is 24.9 Å². The summed E-state index contributed by atoms with van der Waals surface area (Å²) in [5, 5.41) is 0. The number of anilines is 2. The van der Waals surface area contributed by atoms with Crippen molar-refractivity contribution < 1.29 is 9.59 Å². The first-order valence-corrected chi connectivity index (χ1v) is 15.4. The number of aryl methyl sites for hydroxylation is 1. The van der Waals surface area contributed by atoms with Crippen LogP contribution in [0.25, 0.3) is 0 Å². The Morgan fingerprint density at radius 3 is 1.36 bits per heavy atom. The van der Waals surface area contributed by atoms with E-state index < -0.39 is 0 Å². The molecule has 2 aliphatic heterocycles. The van der Waals surface area contributed by atoms with Crippen LogP contribution in [0.1, 0.15) is 124 Å². The first-order valence-electron chi connectivity index (χ1n) is 15.4. The predicted molar refractivity (Wildman–Crippen MR) is 170 cm³/mol. The van der Waals surface area contributed by atoms with Crippen molar-refractivity contribution in [2.45, 2.75) is 114 Å². The van der Waals surface area contributed by atoms with Crippen LogP contribution in [0.4, 0.5) is 11.4 Å². The van der Waals surface area contributed by atoms with Gasteiger partial charge < -0.3 is 9.80 Å². The maximum absolute atomic E-state index is 12.2. The second-order valence-electron chi connectivity index (χ2n) is 11.2. The van der Waals surface area contributed by atoms with Crippen molar-refractivity contribution >= 4 is 23.2 Å². The maximum Gasteiger partial charge on any atom is 0.229 e. The Morgan fingerprint density at radius 2 is 0.974 bits per heavy atom. The standard InChI is InChI=1S/C16H23NO.C15H21NO.2C2H6/c1-11(2)13-7-8-15-14(10-13)6-5-9-17(15)16(18)12(3)4;1-10(2)12-5-6-14-13(9-12)7-8-16(14)15(17)11(3)4;2*1-2/h7-8,10-12H,5-6,9H2,1-4H3;5-6,9-11H,7-8H2,1-4H3;2*1-2H3. The first kappa shape index (κ1) is 34.4. The molecular formula is C35H56N2O2. The van der Waals surface area contributed by atoms with Gasteiger partial charge in [-0.2, -0.15) is 0 Å². The van der Waals surface area contributed by atoms with Gasteiger partial charge in [0.1, 0.15) is 0 Å². The highest BCUT2D eigenvalue weighted by Gasteiger charge is 2.27. The second kappa shape index (κ2) is 16.5. The van der Waals surface area contributed by atoms with E-state index in [4.69, 9.17) is 0 Å². The quantitative estimate of drug-likeness (QED) is 0.391. The topological polar surface area (TPSA) is 40.6 Å². The Morgan fingerprint density at radius 1 is 0.590 bits per heavy atom. The molecule has 2 amide bonds. The number of amides is 2. The molecule has 0 radical (unpaired) electrons. The fraction of sp³-hybridized carbons (Fsp3) is 0.600. The molecule has 4 nitrogen and oxygen atoms in total. The van der Waals surface area contributed by atoms with Crippen LogP contribution in [0.15, 0.2) is 36.4 Å². The lowest BCUT2D eigenvalue weighted by atomic mass is 9.94. The van der Waals surface area contributed by atoms with Crippen molar-refractivity contribution in [3.05, 3.63) is 58.7 Å². The number of benzene rings is 2. The monoisotopic (exact) mass is 536 g/mol. The minimum atomic E-state index is 0.0701. The predicted octanol–water partition coefficient (Wildman–Crippen LogP) is 9.15. The summed E-state index contributed by atoms with van der Waals surface area (Å²) in [5.74, 6) is 1.72. The number of carbonyl (C=O) groups excluding carboxylic acids is 2. The Hall–Kier alpha value is -2.62. The van der Waals surface area contributed by atoms with Crippen molar-refractivity contribution in [3.8, 4) is 0 Å². The van der Waals surface area contributed by atoms with Gasteiger partial charge in [0.15, 0.2) is 0 Å². The minimum absolute atomic E-state index is 0.0701. The molecule has 2 aromatic rings. The van der Waals surface area contributed by atoms with Crippen LogP contribution in [0.3, 0.4) is 0 Å². The number of carbonyl (C=O) groups is 2. The van der Waals surface area contributed by atoms with Gasteiger partial charge in [0.25, 0.3) is 0 Å². The second-order valence-corrected chi connectivity index (χ2v) is 11.2. The van der Waals surface area contributed by atoms with Crippen molar-refractivity contribution in [2.24, 2.45) is 11.8 Å². The van der Waals surface area contributed by atoms with Gasteiger partial charge in [0.2, 0.25) is 11.8 Å². The third-order valence-electron chi connectivity index (χ3n) is 7.07. The Kier molecular flexibility index (Phi) is 14.5. The highest BCUT2D eigenvalue weighted by atomic mass is 16.2. The van der Waals surface area contributed by atoms with Crippen LogP contribution >= 0.6 is 0 Å². The molecule has 0 unspecified atom stereocenters. The molecule has 0 fully saturated rings. The molecule has 39 heavy (non-hydrogen) atoms. The molecule has 0 bridgehead atoms. The van der Waals surface area contributed by atoms with E-state index in [0.29, 0.717) is 11.8 Å². The normalized spacial score (nSPS) is 13.6. The minimum Gasteiger partial charge on any atom is -0.312 e. The molecule has 0 saturated heterocycles. The van der Waals surface area contributed by atoms with Crippen molar-refractivity contribution in [2.75, 3.05) is 22.9 Å². The van der Waals surface area contributed by atoms with Crippen LogP contribution in [0.2, 0.25) is 0 Å². The van der Waals surface area contributed by atoms with E-state index in [2.05, 4.69) is 64.1 Å². The fourth-order valence-corrected chi connectivity index (χ4v) is 4.84. The first-order chi connectivity index (χ1) is 18.5. The van der Waals surface area contributed by atoms with Gasteiger partial charge in [-0.05, 0) is 65.5 Å². The number of fused-ring (bicyclic) bond motifs is 2. The van der Waals surface area contributed by atoms with E-state index in [1.165, 1.54) is 22.3 Å². The molecule has 4 rings (SSSR count). The van der Waals surface area contributed by atoms with E-state index in [-0.39, 0.29) is 23.7 Å². The highest BCUT2D eigenvalue weighted by molar-refractivity contribution is 5.97. The summed E-state index contributed by atoms with van der Waals surface area (Å²) < 4.78 is 0. The average Bonchev–Trinajstić information content (AvgIpc) is 3.37. The number of hydrogen-bond acceptors (Lipinski definition) is 2. The SMILES string of the molecule is CC.CC.CC(C)C(=O)N1CCCc2cc(C(C)C)ccc21.CC(C)C(=O)N1CCc2cc(C(C)C)ccc21. The van der Waals surface area contributed by atoms with Gasteiger partial charge >= 0.3 is 0 Å². The maximum atomic E-state index is 12.2. The molecule has 0 spiro atoms. The highest BCUT2D eigenvalue weighted by Crippen LogP contribution is 2.32. The van der Waals surface area contributed by atoms with Gasteiger partial charge in [-0.25, -0.2) is 0 Å². The van der Waals surface area contributed by atoms with E-state index in [0.717, 1.165) is 43.7 Å². The molecule has 0 atom stereocenters. The van der Waals surface area contributed by atoms with E-state index in [1.807, 2.05) is 65.2 Å². The molecule has 4 heteroatoms. The van der Waals surface area contributed by atoms with Crippen molar-refractivity contribution in [3.63, 3.8) is 0 Å². The third-order valence-corrected chi connectivity index (χ3v) is 7.07. The third kappa shape index (κ3) is 8.95. The lowest BCUT2D eigenvalue weighted by Crippen LogP contribution is -2.38. The molecule has 0 aromatic heterocycles. The number of rotatable bonds is 4. The molecular weight excluding hydrogens is 480 g/mol. The van der Waals surface area contributed by atoms with Crippen molar-refractivity contribution in [1.29, 1.82) is 0 Å². The number of nitrogens with zero attached hydrogens (tertiary/aromatic N) is 2. The summed E-state index contributed by atoms with van der Waals surface area (Å²) in [7, 11) is 0. The Bertz CT molecular complexity index is 1050. The molecule has 0 saturated carbocycles. The molecule has 2 aromatic carbocycles. The Balaban J connectivity index is 0.000000347. The summed E-state index contributed by atoms with van der Waals surface area (Å²) >= 11 is 0. The molecule has 218 valence electrons. The van der Waals surface area contributed by atoms with E-state index in [1.54, 1.807) is 0 Å². The lowest BCUT2D eigenvalue weighted by molar-refractivity contribution is -0.122. The van der Waals surface area contributed by atoms with Gasteiger partial charge in [0.05, 0.1) is 0 Å². The summed E-state index contributed by atoms with van der Waals surface area (Å²) in [4.78, 5) is 28.2. The van der Waals surface area contributed by atoms with Gasteiger partial charge in [-0.15, -0.1) is 0 Å².